The number of hydrogen-bond acceptors (Lipinski definition) is 3. The van der Waals surface area contributed by atoms with Gasteiger partial charge in [0.1, 0.15) is 0 Å². The van der Waals surface area contributed by atoms with Crippen molar-refractivity contribution >= 4 is 11.9 Å². The minimum absolute atomic E-state index is 0.142. The topological polar surface area (TPSA) is 69.6 Å². The largest absolute Gasteiger partial charge is 0.480 e. The number of amides is 1. The molecule has 3 aliphatic carbocycles. The Bertz CT molecular complexity index is 452. The van der Waals surface area contributed by atoms with Crippen molar-refractivity contribution in [2.75, 3.05) is 13.1 Å². The zero-order valence-electron chi connectivity index (χ0n) is 15.4. The molecule has 0 atom stereocenters. The van der Waals surface area contributed by atoms with Gasteiger partial charge in [0.2, 0.25) is 5.91 Å². The highest BCUT2D eigenvalue weighted by molar-refractivity contribution is 5.76. The smallest absolute Gasteiger partial charge is 0.317 e. The van der Waals surface area contributed by atoms with Crippen LogP contribution in [-0.2, 0) is 9.59 Å². The molecule has 25 heavy (non-hydrogen) atoms. The number of carboxylic acid groups (broad SMARTS) is 1. The highest BCUT2D eigenvalue weighted by Gasteiger charge is 2.37. The number of carboxylic acids is 1. The minimum Gasteiger partial charge on any atom is -0.480 e. The van der Waals surface area contributed by atoms with E-state index in [0.29, 0.717) is 18.4 Å². The first-order chi connectivity index (χ1) is 12.1. The van der Waals surface area contributed by atoms with E-state index in [2.05, 4.69) is 10.2 Å². The summed E-state index contributed by atoms with van der Waals surface area (Å²) in [6.45, 7) is 1.06. The lowest BCUT2D eigenvalue weighted by Crippen LogP contribution is -2.55. The molecule has 0 aromatic carbocycles. The summed E-state index contributed by atoms with van der Waals surface area (Å²) in [6.07, 6.45) is 14.0. The lowest BCUT2D eigenvalue weighted by Gasteiger charge is -2.42. The molecule has 1 amide bonds. The van der Waals surface area contributed by atoms with E-state index >= 15 is 0 Å². The molecule has 142 valence electrons. The zero-order chi connectivity index (χ0) is 17.6. The third-order valence-electron chi connectivity index (χ3n) is 6.26. The van der Waals surface area contributed by atoms with Crippen LogP contribution < -0.4 is 5.32 Å². The molecule has 0 bridgehead atoms. The molecule has 3 aliphatic rings. The van der Waals surface area contributed by atoms with Crippen molar-refractivity contribution in [2.24, 2.45) is 11.8 Å². The van der Waals surface area contributed by atoms with Crippen LogP contribution in [-0.4, -0.2) is 47.1 Å². The summed E-state index contributed by atoms with van der Waals surface area (Å²) in [5, 5.41) is 12.2. The Kier molecular flexibility index (Phi) is 6.74. The molecule has 2 N–H and O–H groups in total. The lowest BCUT2D eigenvalue weighted by molar-refractivity contribution is -0.140. The van der Waals surface area contributed by atoms with Gasteiger partial charge >= 0.3 is 5.97 Å². The Morgan fingerprint density at radius 2 is 1.72 bits per heavy atom. The normalized spacial score (nSPS) is 27.1. The molecule has 3 fully saturated rings. The van der Waals surface area contributed by atoms with E-state index in [1.807, 2.05) is 0 Å². The van der Waals surface area contributed by atoms with Gasteiger partial charge < -0.3 is 10.4 Å². The van der Waals surface area contributed by atoms with Gasteiger partial charge in [0.15, 0.2) is 0 Å². The first-order valence-corrected chi connectivity index (χ1v) is 10.4. The SMILES string of the molecule is O=C(O)CN(CC1CC1)C1CC(NC(=O)CCCC2CCCCC2)C1. The minimum atomic E-state index is -0.740. The average molecular weight is 351 g/mol. The van der Waals surface area contributed by atoms with E-state index < -0.39 is 5.97 Å². The average Bonchev–Trinajstić information content (AvgIpc) is 3.34. The van der Waals surface area contributed by atoms with Crippen LogP contribution >= 0.6 is 0 Å². The Morgan fingerprint density at radius 3 is 2.36 bits per heavy atom. The van der Waals surface area contributed by atoms with Crippen LogP contribution in [0.3, 0.4) is 0 Å². The Balaban J connectivity index is 1.29. The van der Waals surface area contributed by atoms with Gasteiger partial charge in [-0.25, -0.2) is 0 Å². The summed E-state index contributed by atoms with van der Waals surface area (Å²) >= 11 is 0. The second-order valence-electron chi connectivity index (χ2n) is 8.55. The molecular weight excluding hydrogens is 316 g/mol. The fourth-order valence-electron chi connectivity index (χ4n) is 4.48. The van der Waals surface area contributed by atoms with Crippen LogP contribution in [0.25, 0.3) is 0 Å². The highest BCUT2D eigenvalue weighted by Crippen LogP contribution is 2.34. The fourth-order valence-corrected chi connectivity index (χ4v) is 4.48. The number of nitrogens with one attached hydrogen (secondary N) is 1. The zero-order valence-corrected chi connectivity index (χ0v) is 15.4. The van der Waals surface area contributed by atoms with Gasteiger partial charge in [-0.15, -0.1) is 0 Å². The molecule has 5 nitrogen and oxygen atoms in total. The first-order valence-electron chi connectivity index (χ1n) is 10.4. The van der Waals surface area contributed by atoms with Crippen LogP contribution in [0.1, 0.15) is 77.0 Å². The number of carbonyl (C=O) groups is 2. The van der Waals surface area contributed by atoms with Crippen LogP contribution in [0, 0.1) is 11.8 Å². The molecule has 0 aromatic rings. The maximum atomic E-state index is 12.1. The highest BCUT2D eigenvalue weighted by atomic mass is 16.4. The van der Waals surface area contributed by atoms with Crippen molar-refractivity contribution in [1.29, 1.82) is 0 Å². The van der Waals surface area contributed by atoms with Crippen molar-refractivity contribution in [2.45, 2.75) is 89.1 Å². The molecule has 0 heterocycles. The molecule has 3 saturated carbocycles. The van der Waals surface area contributed by atoms with Crippen molar-refractivity contribution in [1.82, 2.24) is 10.2 Å². The third-order valence-corrected chi connectivity index (χ3v) is 6.26. The van der Waals surface area contributed by atoms with E-state index in [9.17, 15) is 9.59 Å². The van der Waals surface area contributed by atoms with Crippen LogP contribution in [0.2, 0.25) is 0 Å². The molecule has 3 rings (SSSR count). The molecule has 0 unspecified atom stereocenters. The summed E-state index contributed by atoms with van der Waals surface area (Å²) in [7, 11) is 0. The molecule has 5 heteroatoms. The van der Waals surface area contributed by atoms with Gasteiger partial charge in [-0.1, -0.05) is 32.1 Å². The maximum absolute atomic E-state index is 12.1. The van der Waals surface area contributed by atoms with Gasteiger partial charge in [0.25, 0.3) is 0 Å². The predicted octanol–water partition coefficient (Wildman–Crippen LogP) is 3.18. The second kappa shape index (κ2) is 9.02. The second-order valence-corrected chi connectivity index (χ2v) is 8.55. The van der Waals surface area contributed by atoms with E-state index in [0.717, 1.165) is 31.7 Å². The molecule has 0 spiro atoms. The van der Waals surface area contributed by atoms with Crippen LogP contribution in [0.15, 0.2) is 0 Å². The number of aliphatic carboxylic acids is 1. The predicted molar refractivity (Wildman–Crippen MR) is 97.3 cm³/mol. The fraction of sp³-hybridized carbons (Fsp3) is 0.900. The van der Waals surface area contributed by atoms with Crippen molar-refractivity contribution in [3.63, 3.8) is 0 Å². The van der Waals surface area contributed by atoms with E-state index in [1.54, 1.807) is 0 Å². The van der Waals surface area contributed by atoms with Crippen molar-refractivity contribution < 1.29 is 14.7 Å². The number of rotatable bonds is 10. The standard InChI is InChI=1S/C20H34N2O3/c23-19(8-4-7-15-5-2-1-3-6-15)21-17-11-18(12-17)22(14-20(24)25)13-16-9-10-16/h15-18H,1-14H2,(H,21,23)(H,24,25). The summed E-state index contributed by atoms with van der Waals surface area (Å²) < 4.78 is 0. The number of nitrogens with zero attached hydrogens (tertiary/aromatic N) is 1. The van der Waals surface area contributed by atoms with Crippen LogP contribution in [0.4, 0.5) is 0 Å². The Labute approximate surface area is 151 Å². The van der Waals surface area contributed by atoms with Gasteiger partial charge in [-0.2, -0.15) is 0 Å². The lowest BCUT2D eigenvalue weighted by atomic mass is 9.84. The van der Waals surface area contributed by atoms with Gasteiger partial charge in [-0.3, -0.25) is 14.5 Å². The van der Waals surface area contributed by atoms with Gasteiger partial charge in [0, 0.05) is 25.0 Å². The van der Waals surface area contributed by atoms with Crippen molar-refractivity contribution in [3.8, 4) is 0 Å². The molecule has 0 saturated heterocycles. The number of carbonyl (C=O) groups excluding carboxylic acids is 1. The molecule has 0 aliphatic heterocycles. The third kappa shape index (κ3) is 6.28. The maximum Gasteiger partial charge on any atom is 0.317 e. The first kappa shape index (κ1) is 18.7. The molecule has 0 aromatic heterocycles. The van der Waals surface area contributed by atoms with Crippen molar-refractivity contribution in [3.05, 3.63) is 0 Å². The van der Waals surface area contributed by atoms with Gasteiger partial charge in [-0.05, 0) is 50.4 Å². The van der Waals surface area contributed by atoms with Gasteiger partial charge in [0.05, 0.1) is 6.54 Å². The Morgan fingerprint density at radius 1 is 1.00 bits per heavy atom. The summed E-state index contributed by atoms with van der Waals surface area (Å²) in [5.41, 5.74) is 0. The van der Waals surface area contributed by atoms with E-state index in [1.165, 1.54) is 51.4 Å². The molecular formula is C20H34N2O3. The van der Waals surface area contributed by atoms with E-state index in [-0.39, 0.29) is 18.5 Å². The summed E-state index contributed by atoms with van der Waals surface area (Å²) in [5.74, 6) is 0.997. The molecule has 0 radical (unpaired) electrons. The van der Waals surface area contributed by atoms with E-state index in [4.69, 9.17) is 5.11 Å². The summed E-state index contributed by atoms with van der Waals surface area (Å²) in [4.78, 5) is 25.3. The van der Waals surface area contributed by atoms with Crippen LogP contribution in [0.5, 0.6) is 0 Å². The monoisotopic (exact) mass is 350 g/mol. The summed E-state index contributed by atoms with van der Waals surface area (Å²) in [6, 6.07) is 0.590. The number of hydrogen-bond donors (Lipinski definition) is 2. The quantitative estimate of drug-likeness (QED) is 0.635. The Hall–Kier alpha value is -1.10.